The minimum Gasteiger partial charge on any atom is -0.384 e. The molecule has 1 fully saturated rings. The molecular formula is C34H38N8O3. The summed E-state index contributed by atoms with van der Waals surface area (Å²) in [5, 5.41) is 33.1. The summed E-state index contributed by atoms with van der Waals surface area (Å²) in [4.78, 5) is 28.5. The van der Waals surface area contributed by atoms with Gasteiger partial charge in [0.1, 0.15) is 5.60 Å². The fraction of sp³-hybridized carbons (Fsp3) is 0.382. The smallest absolute Gasteiger partial charge is 0.273 e. The molecule has 232 valence electrons. The number of nitrogens with one attached hydrogen (secondary N) is 2. The number of pyridine rings is 1. The van der Waals surface area contributed by atoms with Crippen LogP contribution in [0.1, 0.15) is 90.7 Å². The van der Waals surface area contributed by atoms with E-state index in [0.717, 1.165) is 59.4 Å². The van der Waals surface area contributed by atoms with E-state index in [1.54, 1.807) is 37.0 Å². The average Bonchev–Trinajstić information content (AvgIpc) is 3.62. The van der Waals surface area contributed by atoms with Crippen LogP contribution in [0.5, 0.6) is 0 Å². The number of fused-ring (bicyclic) bond motifs is 1. The number of unbranched alkanes of at least 4 members (excludes halogenated alkanes) is 1. The summed E-state index contributed by atoms with van der Waals surface area (Å²) in [5.41, 5.74) is 8.33. The molecular weight excluding hydrogens is 568 g/mol. The van der Waals surface area contributed by atoms with Crippen molar-refractivity contribution in [2.24, 2.45) is 5.92 Å². The van der Waals surface area contributed by atoms with E-state index >= 15 is 0 Å². The number of carbonyl (C=O) groups excluding carboxylic acids is 2. The van der Waals surface area contributed by atoms with Crippen molar-refractivity contribution in [1.29, 1.82) is 0 Å². The monoisotopic (exact) mass is 606 g/mol. The molecule has 1 aromatic carbocycles. The number of anilines is 1. The van der Waals surface area contributed by atoms with Crippen LogP contribution in [0.15, 0.2) is 60.4 Å². The summed E-state index contributed by atoms with van der Waals surface area (Å²) >= 11 is 0. The second kappa shape index (κ2) is 12.7. The Morgan fingerprint density at radius 3 is 2.64 bits per heavy atom. The molecule has 0 radical (unpaired) electrons. The van der Waals surface area contributed by atoms with Gasteiger partial charge in [-0.05, 0) is 92.8 Å². The highest BCUT2D eigenvalue weighted by atomic mass is 16.3. The molecule has 2 amide bonds. The van der Waals surface area contributed by atoms with Gasteiger partial charge in [0.05, 0.1) is 23.3 Å². The first kappa shape index (κ1) is 30.3. The number of nitrogens with zero attached hydrogens (tertiary/aromatic N) is 6. The van der Waals surface area contributed by atoms with Gasteiger partial charge in [-0.3, -0.25) is 19.3 Å². The number of aliphatic hydroxyl groups is 1. The number of allylic oxidation sites excluding steroid dienone is 1. The first-order chi connectivity index (χ1) is 21.6. The lowest BCUT2D eigenvalue weighted by molar-refractivity contribution is -0.114. The van der Waals surface area contributed by atoms with Crippen molar-refractivity contribution in [3.63, 3.8) is 0 Å². The van der Waals surface area contributed by atoms with Gasteiger partial charge in [-0.2, -0.15) is 10.2 Å². The number of hydrogen-bond donors (Lipinski definition) is 3. The van der Waals surface area contributed by atoms with Gasteiger partial charge in [0.25, 0.3) is 5.91 Å². The van der Waals surface area contributed by atoms with Crippen LogP contribution >= 0.6 is 0 Å². The Balaban J connectivity index is 1.03. The molecule has 1 saturated carbocycles. The van der Waals surface area contributed by atoms with Gasteiger partial charge in [0.15, 0.2) is 5.69 Å². The maximum atomic E-state index is 12.6. The fourth-order valence-electron chi connectivity index (χ4n) is 5.70. The van der Waals surface area contributed by atoms with E-state index in [1.165, 1.54) is 30.9 Å². The molecule has 0 atom stereocenters. The highest BCUT2D eigenvalue weighted by Crippen LogP contribution is 2.48. The first-order valence-corrected chi connectivity index (χ1v) is 15.5. The molecule has 11 heteroatoms. The molecule has 0 saturated heterocycles. The standard InChI is InChI=1S/C34H38N8O3/c1-21(43)37-25-9-6-7-24(15-25)32-27(23-11-12-23)17-29-28(32)16-26(38-39-29)8-4-5-14-42-20-30(40-41-42)33(44)36-19-22-10-13-31(35-18-22)34(2,3)45/h6-7,9-10,13,15-16,18,20,23,45H,4-5,8,11-12,14,17,19H2,1-3H3,(H,36,44)(H,37,43). The molecule has 2 aliphatic rings. The number of aromatic nitrogens is 6. The van der Waals surface area contributed by atoms with Gasteiger partial charge in [-0.1, -0.05) is 29.0 Å². The van der Waals surface area contributed by atoms with E-state index in [1.807, 2.05) is 24.3 Å². The largest absolute Gasteiger partial charge is 0.384 e. The summed E-state index contributed by atoms with van der Waals surface area (Å²) < 4.78 is 1.69. The predicted molar refractivity (Wildman–Crippen MR) is 169 cm³/mol. The highest BCUT2D eigenvalue weighted by Gasteiger charge is 2.35. The van der Waals surface area contributed by atoms with Crippen molar-refractivity contribution in [3.05, 3.63) is 99.9 Å². The van der Waals surface area contributed by atoms with Crippen LogP contribution in [-0.4, -0.2) is 47.1 Å². The number of hydrogen-bond acceptors (Lipinski definition) is 8. The van der Waals surface area contributed by atoms with E-state index in [-0.39, 0.29) is 17.5 Å². The molecule has 45 heavy (non-hydrogen) atoms. The quantitative estimate of drug-likeness (QED) is 0.202. The van der Waals surface area contributed by atoms with Gasteiger partial charge in [0.2, 0.25) is 5.91 Å². The normalized spacial score (nSPS) is 14.4. The Bertz CT molecular complexity index is 1750. The Morgan fingerprint density at radius 1 is 1.07 bits per heavy atom. The summed E-state index contributed by atoms with van der Waals surface area (Å²) in [5.74, 6) is 0.204. The molecule has 3 N–H and O–H groups in total. The summed E-state index contributed by atoms with van der Waals surface area (Å²) in [6, 6.07) is 13.8. The van der Waals surface area contributed by atoms with Gasteiger partial charge in [-0.15, -0.1) is 5.10 Å². The predicted octanol–water partition coefficient (Wildman–Crippen LogP) is 4.37. The minimum absolute atomic E-state index is 0.0856. The number of aryl methyl sites for hydroxylation is 2. The number of rotatable bonds is 12. The van der Waals surface area contributed by atoms with Crippen molar-refractivity contribution < 1.29 is 14.7 Å². The Morgan fingerprint density at radius 2 is 1.91 bits per heavy atom. The van der Waals surface area contributed by atoms with E-state index in [4.69, 9.17) is 0 Å². The molecule has 0 aliphatic heterocycles. The molecule has 3 heterocycles. The molecule has 6 rings (SSSR count). The third-order valence-electron chi connectivity index (χ3n) is 8.16. The zero-order valence-corrected chi connectivity index (χ0v) is 25.9. The van der Waals surface area contributed by atoms with Gasteiger partial charge < -0.3 is 15.7 Å². The minimum atomic E-state index is -1.02. The van der Waals surface area contributed by atoms with Crippen molar-refractivity contribution in [2.45, 2.75) is 78.0 Å². The first-order valence-electron chi connectivity index (χ1n) is 15.5. The summed E-state index contributed by atoms with van der Waals surface area (Å²) in [7, 11) is 0. The van der Waals surface area contributed by atoms with Crippen LogP contribution < -0.4 is 10.6 Å². The molecule has 2 aliphatic carbocycles. The lowest BCUT2D eigenvalue weighted by atomic mass is 9.95. The Labute approximate surface area is 262 Å². The number of amides is 2. The zero-order valence-electron chi connectivity index (χ0n) is 25.9. The topological polar surface area (TPSA) is 148 Å². The number of benzene rings is 1. The average molecular weight is 607 g/mol. The second-order valence-corrected chi connectivity index (χ2v) is 12.4. The van der Waals surface area contributed by atoms with E-state index in [9.17, 15) is 14.7 Å². The van der Waals surface area contributed by atoms with Crippen LogP contribution in [0, 0.1) is 5.92 Å². The van der Waals surface area contributed by atoms with Crippen molar-refractivity contribution in [3.8, 4) is 0 Å². The van der Waals surface area contributed by atoms with Gasteiger partial charge >= 0.3 is 0 Å². The van der Waals surface area contributed by atoms with Crippen molar-refractivity contribution in [1.82, 2.24) is 35.5 Å². The molecule has 4 aromatic rings. The Kier molecular flexibility index (Phi) is 8.53. The molecule has 3 aromatic heterocycles. The van der Waals surface area contributed by atoms with Crippen molar-refractivity contribution in [2.75, 3.05) is 5.32 Å². The third-order valence-corrected chi connectivity index (χ3v) is 8.16. The van der Waals surface area contributed by atoms with Crippen LogP contribution in [0.4, 0.5) is 5.69 Å². The van der Waals surface area contributed by atoms with Gasteiger partial charge in [0, 0.05) is 43.9 Å². The SMILES string of the molecule is CC(=O)Nc1cccc(C2=C(C3CC3)Cc3nnc(CCCCn4cc(C(=O)NCc5ccc(C(C)(C)O)nc5)nn4)cc32)c1. The van der Waals surface area contributed by atoms with E-state index in [2.05, 4.69) is 48.3 Å². The van der Waals surface area contributed by atoms with Crippen molar-refractivity contribution >= 4 is 23.1 Å². The third kappa shape index (κ3) is 7.31. The Hall–Kier alpha value is -4.77. The van der Waals surface area contributed by atoms with Gasteiger partial charge in [-0.25, -0.2) is 0 Å². The lowest BCUT2D eigenvalue weighted by Crippen LogP contribution is -2.23. The maximum absolute atomic E-state index is 12.6. The fourth-order valence-corrected chi connectivity index (χ4v) is 5.70. The van der Waals surface area contributed by atoms with Crippen LogP contribution in [0.2, 0.25) is 0 Å². The molecule has 0 spiro atoms. The van der Waals surface area contributed by atoms with Crippen LogP contribution in [-0.2, 0) is 36.3 Å². The molecule has 0 bridgehead atoms. The summed E-state index contributed by atoms with van der Waals surface area (Å²) in [6.07, 6.45) is 9.06. The lowest BCUT2D eigenvalue weighted by Gasteiger charge is -2.16. The molecule has 0 unspecified atom stereocenters. The highest BCUT2D eigenvalue weighted by molar-refractivity contribution is 5.92. The summed E-state index contributed by atoms with van der Waals surface area (Å²) in [6.45, 7) is 5.81. The maximum Gasteiger partial charge on any atom is 0.273 e. The van der Waals surface area contributed by atoms with Crippen LogP contribution in [0.3, 0.4) is 0 Å². The number of carbonyl (C=O) groups is 2. The van der Waals surface area contributed by atoms with E-state index in [0.29, 0.717) is 24.7 Å². The van der Waals surface area contributed by atoms with E-state index < -0.39 is 5.60 Å². The van der Waals surface area contributed by atoms with Crippen LogP contribution in [0.25, 0.3) is 5.57 Å². The second-order valence-electron chi connectivity index (χ2n) is 12.4. The molecule has 11 nitrogen and oxygen atoms in total. The zero-order chi connectivity index (χ0) is 31.6.